The smallest absolute Gasteiger partial charge is 1.00 e. The summed E-state index contributed by atoms with van der Waals surface area (Å²) in [5.41, 5.74) is 1.74. The van der Waals surface area contributed by atoms with E-state index in [9.17, 15) is 10.2 Å². The first-order chi connectivity index (χ1) is 13.0. The summed E-state index contributed by atoms with van der Waals surface area (Å²) in [6.07, 6.45) is 0. The standard InChI is InChI=1S/2C11H17NOS.2ClH.Zr/c2*1-8(2)14-10-7-5-6-9(11(10)13)12(3)4;;;/h2*5-8,13H,1-4H3;2*1H;/q;;;;+2/p-2. The van der Waals surface area contributed by atoms with Gasteiger partial charge in [-0.2, -0.15) is 0 Å². The second kappa shape index (κ2) is 17.3. The Hall–Kier alpha value is -0.197. The Kier molecular flexibility index (Phi) is 19.8. The van der Waals surface area contributed by atoms with E-state index in [-0.39, 0.29) is 51.0 Å². The number of nitrogens with zero attached hydrogens (tertiary/aromatic N) is 2. The third-order valence-electron chi connectivity index (χ3n) is 3.64. The minimum absolute atomic E-state index is 0. The topological polar surface area (TPSA) is 46.9 Å². The summed E-state index contributed by atoms with van der Waals surface area (Å²) in [6.45, 7) is 8.47. The Bertz CT molecular complexity index is 701. The Morgan fingerprint density at radius 2 is 0.935 bits per heavy atom. The van der Waals surface area contributed by atoms with E-state index >= 15 is 0 Å². The van der Waals surface area contributed by atoms with E-state index in [0.29, 0.717) is 22.0 Å². The van der Waals surface area contributed by atoms with Gasteiger partial charge in [0.1, 0.15) is 0 Å². The molecule has 4 nitrogen and oxygen atoms in total. The van der Waals surface area contributed by atoms with Crippen LogP contribution < -0.4 is 34.6 Å². The molecule has 2 aromatic carbocycles. The van der Waals surface area contributed by atoms with Crippen molar-refractivity contribution in [2.75, 3.05) is 38.0 Å². The second-order valence-electron chi connectivity index (χ2n) is 7.37. The fraction of sp³-hybridized carbons (Fsp3) is 0.455. The fourth-order valence-electron chi connectivity index (χ4n) is 2.44. The van der Waals surface area contributed by atoms with E-state index in [2.05, 4.69) is 27.7 Å². The van der Waals surface area contributed by atoms with E-state index in [1.54, 1.807) is 23.5 Å². The van der Waals surface area contributed by atoms with E-state index in [0.717, 1.165) is 21.2 Å². The van der Waals surface area contributed by atoms with Crippen LogP contribution in [-0.4, -0.2) is 48.9 Å². The van der Waals surface area contributed by atoms with Gasteiger partial charge in [0.15, 0.2) is 11.5 Å². The molecule has 0 heterocycles. The predicted octanol–water partition coefficient (Wildman–Crippen LogP) is -0.0771. The summed E-state index contributed by atoms with van der Waals surface area (Å²) in [7, 11) is 7.72. The molecule has 0 saturated carbocycles. The Labute approximate surface area is 228 Å². The largest absolute Gasteiger partial charge is 2.00 e. The van der Waals surface area contributed by atoms with Crippen molar-refractivity contribution in [3.8, 4) is 11.5 Å². The number of rotatable bonds is 6. The molecule has 174 valence electrons. The molecule has 0 saturated heterocycles. The van der Waals surface area contributed by atoms with Gasteiger partial charge in [0.2, 0.25) is 0 Å². The molecule has 0 aliphatic rings. The molecule has 31 heavy (non-hydrogen) atoms. The molecule has 0 aromatic heterocycles. The first kappa shape index (κ1) is 35.4. The molecule has 0 radical (unpaired) electrons. The number of hydrogen-bond acceptors (Lipinski definition) is 6. The van der Waals surface area contributed by atoms with E-state index in [4.69, 9.17) is 0 Å². The van der Waals surface area contributed by atoms with Crippen LogP contribution in [0, 0.1) is 0 Å². The number of thioether (sulfide) groups is 2. The van der Waals surface area contributed by atoms with Gasteiger partial charge in [-0.1, -0.05) is 39.8 Å². The fourth-order valence-corrected chi connectivity index (χ4v) is 4.20. The monoisotopic (exact) mass is 582 g/mol. The number of benzene rings is 2. The van der Waals surface area contributed by atoms with E-state index < -0.39 is 0 Å². The molecule has 2 N–H and O–H groups in total. The van der Waals surface area contributed by atoms with Crippen molar-refractivity contribution in [1.29, 1.82) is 0 Å². The first-order valence-electron chi connectivity index (χ1n) is 9.36. The van der Waals surface area contributed by atoms with Crippen LogP contribution in [0.15, 0.2) is 46.2 Å². The van der Waals surface area contributed by atoms with Crippen molar-refractivity contribution in [3.63, 3.8) is 0 Å². The number of halogens is 2. The van der Waals surface area contributed by atoms with Crippen LogP contribution in [-0.2, 0) is 26.2 Å². The molecule has 0 fully saturated rings. The molecule has 0 aliphatic carbocycles. The number of phenols is 2. The van der Waals surface area contributed by atoms with Crippen molar-refractivity contribution in [3.05, 3.63) is 36.4 Å². The van der Waals surface area contributed by atoms with Crippen molar-refractivity contribution in [2.45, 2.75) is 48.0 Å². The van der Waals surface area contributed by atoms with Crippen LogP contribution in [0.4, 0.5) is 11.4 Å². The maximum Gasteiger partial charge on any atom is 2.00 e. The predicted molar refractivity (Wildman–Crippen MR) is 127 cm³/mol. The zero-order chi connectivity index (χ0) is 21.4. The van der Waals surface area contributed by atoms with Crippen molar-refractivity contribution in [1.82, 2.24) is 0 Å². The summed E-state index contributed by atoms with van der Waals surface area (Å²) in [6, 6.07) is 11.7. The van der Waals surface area contributed by atoms with Crippen LogP contribution in [0.25, 0.3) is 0 Å². The Balaban J connectivity index is -0.000000461. The molecular formula is C22H34Cl2N2O2S2Zr. The maximum absolute atomic E-state index is 9.95. The van der Waals surface area contributed by atoms with E-state index in [1.807, 2.05) is 74.4 Å². The number of anilines is 2. The number of phenolic OH excluding ortho intramolecular Hbond substituents is 2. The molecule has 0 bridgehead atoms. The quantitative estimate of drug-likeness (QED) is 0.464. The Morgan fingerprint density at radius 3 is 1.16 bits per heavy atom. The van der Waals surface area contributed by atoms with Crippen LogP contribution in [0.5, 0.6) is 11.5 Å². The molecule has 2 rings (SSSR count). The molecule has 0 aliphatic heterocycles. The minimum Gasteiger partial charge on any atom is -1.00 e. The Morgan fingerprint density at radius 1 is 0.645 bits per heavy atom. The van der Waals surface area contributed by atoms with Crippen LogP contribution >= 0.6 is 23.5 Å². The van der Waals surface area contributed by atoms with Crippen molar-refractivity contribution >= 4 is 34.9 Å². The van der Waals surface area contributed by atoms with Gasteiger partial charge >= 0.3 is 26.2 Å². The van der Waals surface area contributed by atoms with Crippen LogP contribution in [0.1, 0.15) is 27.7 Å². The number of aromatic hydroxyl groups is 2. The van der Waals surface area contributed by atoms with Gasteiger partial charge in [0.05, 0.1) is 21.2 Å². The average Bonchev–Trinajstić information content (AvgIpc) is 2.58. The summed E-state index contributed by atoms with van der Waals surface area (Å²) < 4.78 is 0. The molecule has 0 unspecified atom stereocenters. The summed E-state index contributed by atoms with van der Waals surface area (Å²) in [5.74, 6) is 0.771. The normalized spacial score (nSPS) is 9.61. The molecule has 0 amide bonds. The summed E-state index contributed by atoms with van der Waals surface area (Å²) in [4.78, 5) is 5.73. The van der Waals surface area contributed by atoms with Crippen LogP contribution in [0.2, 0.25) is 0 Å². The first-order valence-corrected chi connectivity index (χ1v) is 11.1. The maximum atomic E-state index is 9.95. The SMILES string of the molecule is CC(C)Sc1cccc(N(C)C)c1O.CC(C)Sc1cccc(N(C)C)c1O.[Cl-].[Cl-].[Zr+2]. The van der Waals surface area contributed by atoms with Gasteiger partial charge in [-0.05, 0) is 24.3 Å². The van der Waals surface area contributed by atoms with Crippen LogP contribution in [0.3, 0.4) is 0 Å². The zero-order valence-electron chi connectivity index (χ0n) is 19.5. The number of para-hydroxylation sites is 2. The third kappa shape index (κ3) is 12.0. The average molecular weight is 585 g/mol. The molecular weight excluding hydrogens is 551 g/mol. The third-order valence-corrected chi connectivity index (χ3v) is 5.75. The van der Waals surface area contributed by atoms with Gasteiger partial charge in [0.25, 0.3) is 0 Å². The van der Waals surface area contributed by atoms with Gasteiger partial charge in [0, 0.05) is 38.7 Å². The van der Waals surface area contributed by atoms with Crippen molar-refractivity contribution < 1.29 is 61.2 Å². The molecule has 2 aromatic rings. The molecule has 0 atom stereocenters. The summed E-state index contributed by atoms with van der Waals surface area (Å²) >= 11 is 3.36. The van der Waals surface area contributed by atoms with Gasteiger partial charge in [-0.25, -0.2) is 0 Å². The second-order valence-corrected chi connectivity index (χ2v) is 10.6. The zero-order valence-corrected chi connectivity index (χ0v) is 25.1. The van der Waals surface area contributed by atoms with Gasteiger partial charge < -0.3 is 44.8 Å². The van der Waals surface area contributed by atoms with Gasteiger partial charge in [-0.15, -0.1) is 23.5 Å². The molecule has 9 heteroatoms. The van der Waals surface area contributed by atoms with E-state index in [1.165, 1.54) is 0 Å². The van der Waals surface area contributed by atoms with Crippen molar-refractivity contribution in [2.24, 2.45) is 0 Å². The summed E-state index contributed by atoms with van der Waals surface area (Å²) in [5, 5.41) is 20.9. The minimum atomic E-state index is 0. The molecule has 0 spiro atoms. The number of hydrogen-bond donors (Lipinski definition) is 2. The van der Waals surface area contributed by atoms with Gasteiger partial charge in [-0.3, -0.25) is 0 Å².